The van der Waals surface area contributed by atoms with Gasteiger partial charge in [0.15, 0.2) is 11.6 Å². The fourth-order valence-electron chi connectivity index (χ4n) is 4.11. The molecule has 3 nitrogen and oxygen atoms in total. The first-order valence-electron chi connectivity index (χ1n) is 11.7. The van der Waals surface area contributed by atoms with Crippen LogP contribution in [0.1, 0.15) is 37.7 Å². The van der Waals surface area contributed by atoms with Crippen molar-refractivity contribution in [3.05, 3.63) is 89.6 Å². The maximum absolute atomic E-state index is 8.32. The summed E-state index contributed by atoms with van der Waals surface area (Å²) in [6.07, 6.45) is 0. The molecule has 136 valence electrons. The van der Waals surface area contributed by atoms with E-state index in [-0.39, 0.29) is 28.9 Å². The second-order valence-corrected chi connectivity index (χ2v) is 7.43. The number of hydrogen-bond donors (Lipinski definition) is 0. The summed E-state index contributed by atoms with van der Waals surface area (Å²) in [6, 6.07) is 12.4. The molecule has 1 aromatic heterocycles. The average Bonchev–Trinajstić information content (AvgIpc) is 3.04. The summed E-state index contributed by atoms with van der Waals surface area (Å²) in [5.74, 6) is 0.898. The van der Waals surface area contributed by atoms with E-state index in [2.05, 4.69) is 47.0 Å². The SMILES string of the molecule is [2H]c1c([2H])c([2H])c(-c2nc(C)nc(-c3cccc4c3C(C)(C)c3ccccc3-4)n2)c([2H])c1[2H]. The summed E-state index contributed by atoms with van der Waals surface area (Å²) < 4.78 is 40.5. The van der Waals surface area contributed by atoms with Crippen molar-refractivity contribution in [1.29, 1.82) is 0 Å². The highest BCUT2D eigenvalue weighted by molar-refractivity contribution is 5.86. The molecule has 0 aliphatic heterocycles. The third-order valence-corrected chi connectivity index (χ3v) is 5.29. The highest BCUT2D eigenvalue weighted by Crippen LogP contribution is 2.51. The number of benzene rings is 3. The molecule has 0 spiro atoms. The molecular formula is C25H21N3. The number of nitrogens with zero attached hydrogens (tertiary/aromatic N) is 3. The van der Waals surface area contributed by atoms with Crippen molar-refractivity contribution in [1.82, 2.24) is 15.0 Å². The van der Waals surface area contributed by atoms with E-state index in [1.165, 1.54) is 11.1 Å². The van der Waals surface area contributed by atoms with Crippen LogP contribution in [0.4, 0.5) is 0 Å². The Morgan fingerprint density at radius 1 is 0.750 bits per heavy atom. The molecule has 0 atom stereocenters. The third kappa shape index (κ3) is 2.47. The average molecular weight is 368 g/mol. The zero-order chi connectivity index (χ0) is 23.7. The fourth-order valence-corrected chi connectivity index (χ4v) is 4.11. The summed E-state index contributed by atoms with van der Waals surface area (Å²) in [7, 11) is 0. The maximum Gasteiger partial charge on any atom is 0.164 e. The smallest absolute Gasteiger partial charge is 0.164 e. The van der Waals surface area contributed by atoms with Crippen LogP contribution in [0.15, 0.2) is 72.7 Å². The largest absolute Gasteiger partial charge is 0.213 e. The van der Waals surface area contributed by atoms with Crippen molar-refractivity contribution >= 4 is 0 Å². The predicted molar refractivity (Wildman–Crippen MR) is 113 cm³/mol. The van der Waals surface area contributed by atoms with Gasteiger partial charge in [0.2, 0.25) is 0 Å². The van der Waals surface area contributed by atoms with E-state index in [1.807, 2.05) is 24.3 Å². The van der Waals surface area contributed by atoms with Crippen molar-refractivity contribution in [2.45, 2.75) is 26.2 Å². The molecule has 0 fully saturated rings. The number of aryl methyl sites for hydroxylation is 1. The number of fused-ring (bicyclic) bond motifs is 3. The summed E-state index contributed by atoms with van der Waals surface area (Å²) >= 11 is 0. The van der Waals surface area contributed by atoms with E-state index in [4.69, 9.17) is 6.85 Å². The molecule has 0 radical (unpaired) electrons. The zero-order valence-corrected chi connectivity index (χ0v) is 15.9. The molecule has 0 N–H and O–H groups in total. The summed E-state index contributed by atoms with van der Waals surface area (Å²) in [4.78, 5) is 13.5. The third-order valence-electron chi connectivity index (χ3n) is 5.29. The van der Waals surface area contributed by atoms with Crippen molar-refractivity contribution in [3.63, 3.8) is 0 Å². The highest BCUT2D eigenvalue weighted by atomic mass is 15.0. The highest BCUT2D eigenvalue weighted by Gasteiger charge is 2.37. The van der Waals surface area contributed by atoms with Crippen molar-refractivity contribution < 1.29 is 6.85 Å². The van der Waals surface area contributed by atoms with Crippen LogP contribution in [0, 0.1) is 6.92 Å². The molecule has 3 aromatic carbocycles. The summed E-state index contributed by atoms with van der Waals surface area (Å²) in [5.41, 5.74) is 5.16. The van der Waals surface area contributed by atoms with Crippen LogP contribution in [0.5, 0.6) is 0 Å². The molecular weight excluding hydrogens is 342 g/mol. The van der Waals surface area contributed by atoms with Crippen LogP contribution in [-0.2, 0) is 5.41 Å². The normalized spacial score (nSPS) is 16.3. The molecule has 0 bridgehead atoms. The topological polar surface area (TPSA) is 38.7 Å². The molecule has 0 saturated carbocycles. The Morgan fingerprint density at radius 3 is 2.25 bits per heavy atom. The zero-order valence-electron chi connectivity index (χ0n) is 20.9. The molecule has 5 rings (SSSR count). The lowest BCUT2D eigenvalue weighted by molar-refractivity contribution is 0.661. The first-order valence-corrected chi connectivity index (χ1v) is 9.16. The molecule has 0 unspecified atom stereocenters. The minimum absolute atomic E-state index is 0.0251. The fraction of sp³-hybridized carbons (Fsp3) is 0.160. The molecule has 0 saturated heterocycles. The quantitative estimate of drug-likeness (QED) is 0.447. The Labute approximate surface area is 172 Å². The first kappa shape index (κ1) is 12.2. The van der Waals surface area contributed by atoms with E-state index in [9.17, 15) is 0 Å². The molecule has 4 aromatic rings. The van der Waals surface area contributed by atoms with E-state index in [0.29, 0.717) is 11.6 Å². The molecule has 1 heterocycles. The van der Waals surface area contributed by atoms with Gasteiger partial charge < -0.3 is 0 Å². The second kappa shape index (κ2) is 6.10. The van der Waals surface area contributed by atoms with Gasteiger partial charge in [-0.3, -0.25) is 0 Å². The van der Waals surface area contributed by atoms with Crippen LogP contribution in [0.2, 0.25) is 0 Å². The van der Waals surface area contributed by atoms with Crippen molar-refractivity contribution in [2.24, 2.45) is 0 Å². The van der Waals surface area contributed by atoms with Gasteiger partial charge >= 0.3 is 0 Å². The lowest BCUT2D eigenvalue weighted by Crippen LogP contribution is -2.17. The van der Waals surface area contributed by atoms with Gasteiger partial charge in [-0.1, -0.05) is 86.5 Å². The van der Waals surface area contributed by atoms with Crippen LogP contribution >= 0.6 is 0 Å². The molecule has 1 aliphatic carbocycles. The lowest BCUT2D eigenvalue weighted by Gasteiger charge is -2.24. The van der Waals surface area contributed by atoms with Crippen molar-refractivity contribution in [2.75, 3.05) is 0 Å². The molecule has 3 heteroatoms. The Bertz CT molecular complexity index is 1430. The summed E-state index contributed by atoms with van der Waals surface area (Å²) in [5, 5.41) is 0. The second-order valence-electron chi connectivity index (χ2n) is 7.43. The van der Waals surface area contributed by atoms with Crippen LogP contribution in [0.3, 0.4) is 0 Å². The monoisotopic (exact) mass is 368 g/mol. The van der Waals surface area contributed by atoms with Gasteiger partial charge in [-0.05, 0) is 29.2 Å². The minimum Gasteiger partial charge on any atom is -0.213 e. The molecule has 28 heavy (non-hydrogen) atoms. The standard InChI is InChI=1S/C25H21N3/c1-16-26-23(17-10-5-4-6-11-17)28-24(27-16)20-14-9-13-19-18-12-7-8-15-21(18)25(2,3)22(19)20/h4-15H,1-3H3/i4D,5D,6D,10D,11D. The van der Waals surface area contributed by atoms with Crippen molar-refractivity contribution in [3.8, 4) is 33.9 Å². The predicted octanol–water partition coefficient (Wildman–Crippen LogP) is 5.82. The Balaban J connectivity index is 1.77. The Hall–Kier alpha value is -3.33. The molecule has 0 amide bonds. The van der Waals surface area contributed by atoms with Gasteiger partial charge in [-0.2, -0.15) is 0 Å². The van der Waals surface area contributed by atoms with Gasteiger partial charge in [0.05, 0.1) is 6.85 Å². The number of hydrogen-bond acceptors (Lipinski definition) is 3. The van der Waals surface area contributed by atoms with Gasteiger partial charge in [0.1, 0.15) is 5.82 Å². The lowest BCUT2D eigenvalue weighted by atomic mass is 9.80. The van der Waals surface area contributed by atoms with Gasteiger partial charge in [-0.25, -0.2) is 15.0 Å². The summed E-state index contributed by atoms with van der Waals surface area (Å²) in [6.45, 7) is 6.06. The van der Waals surface area contributed by atoms with Gasteiger partial charge in [0.25, 0.3) is 0 Å². The molecule has 1 aliphatic rings. The van der Waals surface area contributed by atoms with E-state index in [1.54, 1.807) is 6.92 Å². The first-order chi connectivity index (χ1) is 15.6. The number of rotatable bonds is 2. The van der Waals surface area contributed by atoms with Gasteiger partial charge in [-0.15, -0.1) is 0 Å². The Kier molecular flexibility index (Phi) is 2.65. The van der Waals surface area contributed by atoms with E-state index >= 15 is 0 Å². The van der Waals surface area contributed by atoms with Gasteiger partial charge in [0, 0.05) is 16.5 Å². The van der Waals surface area contributed by atoms with Crippen LogP contribution in [-0.4, -0.2) is 15.0 Å². The van der Waals surface area contributed by atoms with E-state index in [0.717, 1.165) is 16.7 Å². The van der Waals surface area contributed by atoms with Crippen LogP contribution in [0.25, 0.3) is 33.9 Å². The maximum atomic E-state index is 8.32. The Morgan fingerprint density at radius 2 is 1.43 bits per heavy atom. The van der Waals surface area contributed by atoms with Crippen LogP contribution < -0.4 is 0 Å². The van der Waals surface area contributed by atoms with E-state index < -0.39 is 18.1 Å². The number of aromatic nitrogens is 3. The minimum atomic E-state index is -0.444.